The summed E-state index contributed by atoms with van der Waals surface area (Å²) in [6.07, 6.45) is 10.1. The fraction of sp³-hybridized carbons (Fsp3) is 0.471. The number of hydrogen-bond donors (Lipinski definition) is 0. The number of fused-ring (bicyclic) bond motifs is 3. The third-order valence-electron chi connectivity index (χ3n) is 10.5. The summed E-state index contributed by atoms with van der Waals surface area (Å²) in [7, 11) is 0. The molecule has 0 amide bonds. The number of carbonyl (C=O) groups excluding carboxylic acids is 1. The van der Waals surface area contributed by atoms with Gasteiger partial charge in [-0.1, -0.05) is 30.3 Å². The number of benzene rings is 2. The summed E-state index contributed by atoms with van der Waals surface area (Å²) in [6, 6.07) is 10.3. The molecular weight excluding hydrogens is 548 g/mol. The molecule has 1 spiro atoms. The number of ketones is 1. The van der Waals surface area contributed by atoms with Crippen molar-refractivity contribution in [1.82, 2.24) is 19.9 Å². The lowest BCUT2D eigenvalue weighted by atomic mass is 9.78. The van der Waals surface area contributed by atoms with Gasteiger partial charge < -0.3 is 9.64 Å². The molecule has 1 aliphatic carbocycles. The van der Waals surface area contributed by atoms with Crippen LogP contribution in [0.25, 0.3) is 32.9 Å². The van der Waals surface area contributed by atoms with E-state index in [9.17, 15) is 4.79 Å². The second kappa shape index (κ2) is 10.2. The standard InChI is InChI=1S/C34H35F2N5O2/c35-26-9-2-7-22-6-1-8-24(27(22)26)29-28(36)30-25(19-37-29)31(40-15-3-11-33(20-40)14-10-23(42)18-33)39-32(38-30)43-21-34-12-4-16-41(34)17-5-13-34/h1-2,6-9,19H,3-5,10-18,20-21H2. The molecule has 0 bridgehead atoms. The highest BCUT2D eigenvalue weighted by Gasteiger charge is 2.45. The van der Waals surface area contributed by atoms with Gasteiger partial charge in [0.2, 0.25) is 0 Å². The number of anilines is 1. The first-order chi connectivity index (χ1) is 20.9. The van der Waals surface area contributed by atoms with E-state index in [1.54, 1.807) is 24.4 Å². The van der Waals surface area contributed by atoms with Gasteiger partial charge in [-0.15, -0.1) is 0 Å². The normalized spacial score (nSPS) is 23.6. The summed E-state index contributed by atoms with van der Waals surface area (Å²) in [6.45, 7) is 4.04. The van der Waals surface area contributed by atoms with Crippen molar-refractivity contribution in [3.8, 4) is 17.3 Å². The minimum Gasteiger partial charge on any atom is -0.461 e. The average molecular weight is 584 g/mol. The van der Waals surface area contributed by atoms with E-state index in [1.807, 2.05) is 12.1 Å². The van der Waals surface area contributed by atoms with E-state index >= 15 is 8.78 Å². The summed E-state index contributed by atoms with van der Waals surface area (Å²) in [5.74, 6) is -0.141. The summed E-state index contributed by atoms with van der Waals surface area (Å²) in [4.78, 5) is 31.1. The summed E-state index contributed by atoms with van der Waals surface area (Å²) < 4.78 is 38.1. The van der Waals surface area contributed by atoms with Crippen LogP contribution in [0.3, 0.4) is 0 Å². The lowest BCUT2D eigenvalue weighted by molar-refractivity contribution is -0.118. The van der Waals surface area contributed by atoms with Gasteiger partial charge in [0.25, 0.3) is 0 Å². The van der Waals surface area contributed by atoms with E-state index in [4.69, 9.17) is 9.72 Å². The molecule has 1 saturated carbocycles. The summed E-state index contributed by atoms with van der Waals surface area (Å²) in [5, 5.41) is 1.50. The average Bonchev–Trinajstić information content (AvgIpc) is 3.70. The first-order valence-electron chi connectivity index (χ1n) is 15.6. The fourth-order valence-electron chi connectivity index (χ4n) is 8.40. The number of ether oxygens (including phenoxy) is 1. The molecule has 9 heteroatoms. The van der Waals surface area contributed by atoms with Gasteiger partial charge in [0, 0.05) is 43.1 Å². The van der Waals surface area contributed by atoms with Crippen molar-refractivity contribution in [2.45, 2.75) is 63.3 Å². The number of carbonyl (C=O) groups is 1. The maximum atomic E-state index is 16.6. The Morgan fingerprint density at radius 3 is 2.51 bits per heavy atom. The largest absolute Gasteiger partial charge is 0.461 e. The van der Waals surface area contributed by atoms with E-state index in [2.05, 4.69) is 19.8 Å². The number of Topliss-reactive ketones (excluding diaryl/α,β-unsaturated/α-hetero) is 1. The first-order valence-corrected chi connectivity index (χ1v) is 15.6. The maximum Gasteiger partial charge on any atom is 0.319 e. The molecule has 2 aromatic heterocycles. The zero-order valence-electron chi connectivity index (χ0n) is 24.2. The van der Waals surface area contributed by atoms with Gasteiger partial charge in [-0.3, -0.25) is 14.7 Å². The molecule has 7 nitrogen and oxygen atoms in total. The smallest absolute Gasteiger partial charge is 0.319 e. The zero-order valence-corrected chi connectivity index (χ0v) is 24.2. The minimum absolute atomic E-state index is 0.0136. The van der Waals surface area contributed by atoms with Crippen LogP contribution in [0.5, 0.6) is 6.01 Å². The lowest BCUT2D eigenvalue weighted by Gasteiger charge is -2.41. The third kappa shape index (κ3) is 4.46. The van der Waals surface area contributed by atoms with Crippen molar-refractivity contribution in [3.05, 3.63) is 54.2 Å². The van der Waals surface area contributed by atoms with Crippen molar-refractivity contribution < 1.29 is 18.3 Å². The third-order valence-corrected chi connectivity index (χ3v) is 10.5. The van der Waals surface area contributed by atoms with Crippen molar-refractivity contribution in [2.24, 2.45) is 5.41 Å². The number of rotatable bonds is 5. The molecule has 4 fully saturated rings. The van der Waals surface area contributed by atoms with Crippen LogP contribution in [0, 0.1) is 17.0 Å². The van der Waals surface area contributed by atoms with Gasteiger partial charge in [-0.05, 0) is 74.9 Å². The maximum absolute atomic E-state index is 16.6. The molecule has 1 atom stereocenters. The van der Waals surface area contributed by atoms with Crippen molar-refractivity contribution >= 4 is 33.3 Å². The number of nitrogens with zero attached hydrogens (tertiary/aromatic N) is 5. The van der Waals surface area contributed by atoms with E-state index in [-0.39, 0.29) is 28.2 Å². The summed E-state index contributed by atoms with van der Waals surface area (Å²) in [5.41, 5.74) is 0.456. The molecular formula is C34H35F2N5O2. The van der Waals surface area contributed by atoms with Crippen LogP contribution >= 0.6 is 0 Å². The molecule has 222 valence electrons. The van der Waals surface area contributed by atoms with Crippen LogP contribution in [0.4, 0.5) is 14.6 Å². The second-order valence-corrected chi connectivity index (χ2v) is 13.1. The van der Waals surface area contributed by atoms with Gasteiger partial charge in [0.15, 0.2) is 5.82 Å². The molecule has 2 aromatic carbocycles. The van der Waals surface area contributed by atoms with E-state index in [0.29, 0.717) is 59.3 Å². The van der Waals surface area contributed by atoms with Gasteiger partial charge in [0.1, 0.15) is 35.2 Å². The highest BCUT2D eigenvalue weighted by atomic mass is 19.1. The van der Waals surface area contributed by atoms with E-state index in [0.717, 1.165) is 64.6 Å². The number of halogens is 2. The number of aromatic nitrogens is 3. The van der Waals surface area contributed by atoms with Gasteiger partial charge in [0.05, 0.1) is 10.9 Å². The van der Waals surface area contributed by atoms with Gasteiger partial charge >= 0.3 is 6.01 Å². The molecule has 43 heavy (non-hydrogen) atoms. The van der Waals surface area contributed by atoms with Gasteiger partial charge in [-0.25, -0.2) is 8.78 Å². The number of pyridine rings is 1. The highest BCUT2D eigenvalue weighted by Crippen LogP contribution is 2.45. The van der Waals surface area contributed by atoms with Gasteiger partial charge in [-0.2, -0.15) is 9.97 Å². The predicted molar refractivity (Wildman–Crippen MR) is 161 cm³/mol. The Labute approximate surface area is 249 Å². The Hall–Kier alpha value is -3.72. The molecule has 3 saturated heterocycles. The molecule has 0 N–H and O–H groups in total. The Morgan fingerprint density at radius 1 is 0.930 bits per heavy atom. The van der Waals surface area contributed by atoms with Crippen molar-refractivity contribution in [2.75, 3.05) is 37.7 Å². The molecule has 0 radical (unpaired) electrons. The fourth-order valence-corrected chi connectivity index (χ4v) is 8.40. The van der Waals surface area contributed by atoms with Crippen LogP contribution in [-0.2, 0) is 4.79 Å². The quantitative estimate of drug-likeness (QED) is 0.267. The number of hydrogen-bond acceptors (Lipinski definition) is 7. The topological polar surface area (TPSA) is 71.5 Å². The van der Waals surface area contributed by atoms with Crippen LogP contribution in [0.2, 0.25) is 0 Å². The lowest BCUT2D eigenvalue weighted by Crippen LogP contribution is -2.44. The molecule has 1 unspecified atom stereocenters. The molecule has 4 aromatic rings. The molecule has 5 heterocycles. The molecule has 4 aliphatic rings. The van der Waals surface area contributed by atoms with Crippen LogP contribution < -0.4 is 9.64 Å². The van der Waals surface area contributed by atoms with Crippen molar-refractivity contribution in [3.63, 3.8) is 0 Å². The number of piperidine rings is 1. The Kier molecular flexibility index (Phi) is 6.36. The SMILES string of the molecule is O=C1CCC2(CCCN(c3nc(OCC45CCCN4CCC5)nc4c(F)c(-c5cccc6cccc(F)c56)ncc34)C2)C1. The minimum atomic E-state index is -0.619. The van der Waals surface area contributed by atoms with Crippen LogP contribution in [-0.4, -0.2) is 64.0 Å². The van der Waals surface area contributed by atoms with Crippen molar-refractivity contribution in [1.29, 1.82) is 0 Å². The predicted octanol–water partition coefficient (Wildman–Crippen LogP) is 6.47. The van der Waals surface area contributed by atoms with E-state index in [1.165, 1.54) is 6.07 Å². The molecule has 8 rings (SSSR count). The Bertz CT molecular complexity index is 1750. The Morgan fingerprint density at radius 2 is 1.72 bits per heavy atom. The highest BCUT2D eigenvalue weighted by molar-refractivity contribution is 5.99. The monoisotopic (exact) mass is 583 g/mol. The van der Waals surface area contributed by atoms with Crippen LogP contribution in [0.1, 0.15) is 57.8 Å². The second-order valence-electron chi connectivity index (χ2n) is 13.1. The molecule has 3 aliphatic heterocycles. The van der Waals surface area contributed by atoms with Crippen LogP contribution in [0.15, 0.2) is 42.6 Å². The Balaban J connectivity index is 1.25. The van der Waals surface area contributed by atoms with E-state index < -0.39 is 11.6 Å². The zero-order chi connectivity index (χ0) is 29.2. The summed E-state index contributed by atoms with van der Waals surface area (Å²) >= 11 is 0. The first kappa shape index (κ1) is 26.9.